The summed E-state index contributed by atoms with van der Waals surface area (Å²) >= 11 is 0. The molecular formula is C25H26N2O2. The summed E-state index contributed by atoms with van der Waals surface area (Å²) in [7, 11) is 1.44. The molecule has 1 N–H and O–H groups in total. The minimum atomic E-state index is -0.219. The molecule has 3 aromatic carbocycles. The van der Waals surface area contributed by atoms with E-state index >= 15 is 0 Å². The van der Waals surface area contributed by atoms with Crippen molar-refractivity contribution < 1.29 is 9.53 Å². The number of rotatable bonds is 6. The third-order valence-corrected chi connectivity index (χ3v) is 5.57. The zero-order chi connectivity index (χ0) is 20.4. The number of carbonyl (C=O) groups is 1. The van der Waals surface area contributed by atoms with Crippen LogP contribution in [0.4, 0.5) is 0 Å². The van der Waals surface area contributed by atoms with Gasteiger partial charge in [-0.1, -0.05) is 54.6 Å². The fraction of sp³-hybridized carbons (Fsp3) is 0.240. The second kappa shape index (κ2) is 8.10. The number of hydrogen-bond donors (Lipinski definition) is 1. The Hall–Kier alpha value is -3.11. The van der Waals surface area contributed by atoms with Gasteiger partial charge in [0, 0.05) is 34.9 Å². The van der Waals surface area contributed by atoms with Gasteiger partial charge >= 0.3 is 5.97 Å². The monoisotopic (exact) mass is 386 g/mol. The molecule has 4 heteroatoms. The highest BCUT2D eigenvalue weighted by Gasteiger charge is 2.17. The SMILES string of the molecule is COC(=O)CN(Cc1ccccc1)Cc1cc(C)c2[nH]c3ccccc3c2c1C. The van der Waals surface area contributed by atoms with E-state index in [-0.39, 0.29) is 12.5 Å². The number of methoxy groups -OCH3 is 1. The normalized spacial score (nSPS) is 11.4. The Labute approximate surface area is 171 Å². The summed E-state index contributed by atoms with van der Waals surface area (Å²) in [5, 5.41) is 2.51. The van der Waals surface area contributed by atoms with Gasteiger partial charge in [-0.05, 0) is 42.2 Å². The van der Waals surface area contributed by atoms with Gasteiger partial charge in [-0.3, -0.25) is 9.69 Å². The largest absolute Gasteiger partial charge is 0.468 e. The molecule has 4 rings (SSSR count). The van der Waals surface area contributed by atoms with Gasteiger partial charge in [0.15, 0.2) is 0 Å². The number of aromatic nitrogens is 1. The highest BCUT2D eigenvalue weighted by Crippen LogP contribution is 2.33. The zero-order valence-electron chi connectivity index (χ0n) is 17.2. The Balaban J connectivity index is 1.74. The van der Waals surface area contributed by atoms with E-state index in [9.17, 15) is 4.79 Å². The highest BCUT2D eigenvalue weighted by molar-refractivity contribution is 6.10. The quantitative estimate of drug-likeness (QED) is 0.468. The van der Waals surface area contributed by atoms with Gasteiger partial charge in [-0.15, -0.1) is 0 Å². The number of aryl methyl sites for hydroxylation is 2. The van der Waals surface area contributed by atoms with E-state index in [4.69, 9.17) is 4.74 Å². The molecule has 0 saturated heterocycles. The molecule has 0 spiro atoms. The number of fused-ring (bicyclic) bond motifs is 3. The minimum Gasteiger partial charge on any atom is -0.468 e. The molecule has 29 heavy (non-hydrogen) atoms. The van der Waals surface area contributed by atoms with Crippen LogP contribution in [0, 0.1) is 13.8 Å². The third kappa shape index (κ3) is 3.89. The van der Waals surface area contributed by atoms with Crippen LogP contribution in [0.5, 0.6) is 0 Å². The maximum atomic E-state index is 12.0. The summed E-state index contributed by atoms with van der Waals surface area (Å²) in [5.74, 6) is -0.219. The predicted octanol–water partition coefficient (Wildman–Crippen LogP) is 5.11. The number of hydrogen-bond acceptors (Lipinski definition) is 3. The summed E-state index contributed by atoms with van der Waals surface area (Å²) in [6.45, 7) is 5.96. The fourth-order valence-electron chi connectivity index (χ4n) is 4.09. The molecule has 0 unspecified atom stereocenters. The summed E-state index contributed by atoms with van der Waals surface area (Å²) in [6.07, 6.45) is 0. The predicted molar refractivity (Wildman–Crippen MR) is 118 cm³/mol. The van der Waals surface area contributed by atoms with Crippen LogP contribution in [0.15, 0.2) is 60.7 Å². The maximum Gasteiger partial charge on any atom is 0.319 e. The Kier molecular flexibility index (Phi) is 5.36. The molecule has 0 aliphatic carbocycles. The molecule has 0 radical (unpaired) electrons. The Morgan fingerprint density at radius 1 is 1.00 bits per heavy atom. The van der Waals surface area contributed by atoms with Crippen LogP contribution in [0.3, 0.4) is 0 Å². The van der Waals surface area contributed by atoms with Gasteiger partial charge in [0.2, 0.25) is 0 Å². The van der Waals surface area contributed by atoms with E-state index < -0.39 is 0 Å². The second-order valence-corrected chi connectivity index (χ2v) is 7.61. The van der Waals surface area contributed by atoms with Gasteiger partial charge in [-0.25, -0.2) is 0 Å². The number of carbonyl (C=O) groups excluding carboxylic acids is 1. The van der Waals surface area contributed by atoms with Crippen molar-refractivity contribution in [3.63, 3.8) is 0 Å². The summed E-state index contributed by atoms with van der Waals surface area (Å²) in [5.41, 5.74) is 7.23. The van der Waals surface area contributed by atoms with Crippen molar-refractivity contribution in [2.24, 2.45) is 0 Å². The van der Waals surface area contributed by atoms with E-state index in [0.29, 0.717) is 13.1 Å². The van der Waals surface area contributed by atoms with E-state index in [2.05, 4.69) is 66.2 Å². The minimum absolute atomic E-state index is 0.219. The summed E-state index contributed by atoms with van der Waals surface area (Å²) < 4.78 is 4.94. The van der Waals surface area contributed by atoms with E-state index in [1.54, 1.807) is 0 Å². The second-order valence-electron chi connectivity index (χ2n) is 7.61. The van der Waals surface area contributed by atoms with Crippen LogP contribution in [-0.2, 0) is 22.6 Å². The van der Waals surface area contributed by atoms with E-state index in [1.165, 1.54) is 45.7 Å². The Bertz CT molecular complexity index is 1160. The van der Waals surface area contributed by atoms with Crippen molar-refractivity contribution in [1.82, 2.24) is 9.88 Å². The van der Waals surface area contributed by atoms with Crippen molar-refractivity contribution in [3.8, 4) is 0 Å². The number of esters is 1. The van der Waals surface area contributed by atoms with Gasteiger partial charge in [0.05, 0.1) is 13.7 Å². The molecule has 0 atom stereocenters. The lowest BCUT2D eigenvalue weighted by Crippen LogP contribution is -2.30. The Morgan fingerprint density at radius 3 is 2.48 bits per heavy atom. The number of nitrogens with zero attached hydrogens (tertiary/aromatic N) is 1. The number of nitrogens with one attached hydrogen (secondary N) is 1. The lowest BCUT2D eigenvalue weighted by molar-refractivity contribution is -0.142. The van der Waals surface area contributed by atoms with Crippen LogP contribution in [-0.4, -0.2) is 29.5 Å². The molecule has 0 fully saturated rings. The standard InChI is InChI=1S/C25H26N2O2/c1-17-13-20(18(2)24-21-11-7-8-12-22(21)26-25(17)24)15-27(16-23(28)29-3)14-19-9-5-4-6-10-19/h4-13,26H,14-16H2,1-3H3. The van der Waals surface area contributed by atoms with Crippen LogP contribution in [0.25, 0.3) is 21.8 Å². The average molecular weight is 386 g/mol. The highest BCUT2D eigenvalue weighted by atomic mass is 16.5. The molecule has 4 aromatic rings. The molecule has 0 saturated carbocycles. The molecule has 1 aromatic heterocycles. The van der Waals surface area contributed by atoms with Crippen molar-refractivity contribution in [1.29, 1.82) is 0 Å². The molecule has 4 nitrogen and oxygen atoms in total. The third-order valence-electron chi connectivity index (χ3n) is 5.57. The molecular weight excluding hydrogens is 360 g/mol. The zero-order valence-corrected chi connectivity index (χ0v) is 17.2. The molecule has 148 valence electrons. The number of aromatic amines is 1. The Morgan fingerprint density at radius 2 is 1.72 bits per heavy atom. The number of benzene rings is 3. The first kappa shape index (κ1) is 19.2. The van der Waals surface area contributed by atoms with Crippen molar-refractivity contribution >= 4 is 27.8 Å². The number of H-pyrrole nitrogens is 1. The number of para-hydroxylation sites is 1. The summed E-state index contributed by atoms with van der Waals surface area (Å²) in [6, 6.07) is 20.9. The first-order chi connectivity index (χ1) is 14.1. The van der Waals surface area contributed by atoms with Gasteiger partial charge < -0.3 is 9.72 Å². The first-order valence-electron chi connectivity index (χ1n) is 9.89. The van der Waals surface area contributed by atoms with Crippen LogP contribution < -0.4 is 0 Å². The maximum absolute atomic E-state index is 12.0. The van der Waals surface area contributed by atoms with Gasteiger partial charge in [0.1, 0.15) is 0 Å². The summed E-state index contributed by atoms with van der Waals surface area (Å²) in [4.78, 5) is 17.7. The lowest BCUT2D eigenvalue weighted by atomic mass is 9.98. The van der Waals surface area contributed by atoms with Crippen molar-refractivity contribution in [2.75, 3.05) is 13.7 Å². The lowest BCUT2D eigenvalue weighted by Gasteiger charge is -2.23. The molecule has 1 heterocycles. The average Bonchev–Trinajstić information content (AvgIpc) is 3.13. The molecule has 0 aliphatic rings. The van der Waals surface area contributed by atoms with E-state index in [1.807, 2.05) is 18.2 Å². The molecule has 0 bridgehead atoms. The van der Waals surface area contributed by atoms with Crippen LogP contribution in [0.1, 0.15) is 22.3 Å². The van der Waals surface area contributed by atoms with Crippen LogP contribution in [0.2, 0.25) is 0 Å². The van der Waals surface area contributed by atoms with Gasteiger partial charge in [0.25, 0.3) is 0 Å². The molecule has 0 aliphatic heterocycles. The van der Waals surface area contributed by atoms with Crippen molar-refractivity contribution in [3.05, 3.63) is 82.9 Å². The van der Waals surface area contributed by atoms with E-state index in [0.717, 1.165) is 5.52 Å². The number of ether oxygens (including phenoxy) is 1. The first-order valence-corrected chi connectivity index (χ1v) is 9.89. The fourth-order valence-corrected chi connectivity index (χ4v) is 4.09. The molecule has 0 amide bonds. The van der Waals surface area contributed by atoms with Crippen molar-refractivity contribution in [2.45, 2.75) is 26.9 Å². The topological polar surface area (TPSA) is 45.3 Å². The van der Waals surface area contributed by atoms with Crippen LogP contribution >= 0.6 is 0 Å². The smallest absolute Gasteiger partial charge is 0.319 e. The van der Waals surface area contributed by atoms with Gasteiger partial charge in [-0.2, -0.15) is 0 Å².